The third-order valence-electron chi connectivity index (χ3n) is 9.51. The van der Waals surface area contributed by atoms with E-state index in [0.29, 0.717) is 28.9 Å². The summed E-state index contributed by atoms with van der Waals surface area (Å²) >= 11 is 0. The lowest BCUT2D eigenvalue weighted by Gasteiger charge is -2.37. The number of amides is 2. The van der Waals surface area contributed by atoms with Gasteiger partial charge < -0.3 is 19.9 Å². The Kier molecular flexibility index (Phi) is 8.86. The van der Waals surface area contributed by atoms with E-state index in [1.54, 1.807) is 23.1 Å². The number of carbonyl (C=O) groups excluding carboxylic acids is 2. The molecule has 0 atom stereocenters. The lowest BCUT2D eigenvalue weighted by atomic mass is 9.94. The number of rotatable bonds is 7. The van der Waals surface area contributed by atoms with Crippen molar-refractivity contribution in [3.63, 3.8) is 0 Å². The number of hydrazine groups is 1. The molecule has 2 saturated carbocycles. The molecule has 238 valence electrons. The van der Waals surface area contributed by atoms with Crippen LogP contribution in [0.2, 0.25) is 0 Å². The molecule has 1 aromatic carbocycles. The molecule has 0 radical (unpaired) electrons. The fraction of sp³-hybridized carbons (Fsp3) is 0.613. The summed E-state index contributed by atoms with van der Waals surface area (Å²) in [5.74, 6) is -4.17. The highest BCUT2D eigenvalue weighted by Gasteiger charge is 2.48. The van der Waals surface area contributed by atoms with E-state index in [0.717, 1.165) is 63.2 Å². The van der Waals surface area contributed by atoms with Gasteiger partial charge in [0.2, 0.25) is 5.95 Å². The SMILES string of the molecule is COc1cc(C(=O)NN2CCN(C3CCCC3)CC2)ccc1Nc1ncc2c(n1)N(C1CCCCC1)CC(F)(F)C(=O)N2C. The highest BCUT2D eigenvalue weighted by molar-refractivity contribution is 6.02. The first kappa shape index (κ1) is 30.4. The van der Waals surface area contributed by atoms with Gasteiger partial charge in [0.05, 0.1) is 25.5 Å². The second-order valence-electron chi connectivity index (χ2n) is 12.3. The molecule has 6 rings (SSSR count). The molecule has 1 aromatic heterocycles. The number of benzene rings is 1. The number of carbonyl (C=O) groups is 2. The molecule has 2 aliphatic carbocycles. The number of ether oxygens (including phenoxy) is 1. The van der Waals surface area contributed by atoms with Crippen LogP contribution < -0.4 is 25.3 Å². The fourth-order valence-corrected chi connectivity index (χ4v) is 7.01. The van der Waals surface area contributed by atoms with Crippen LogP contribution in [0.3, 0.4) is 0 Å². The van der Waals surface area contributed by atoms with Crippen LogP contribution in [0, 0.1) is 0 Å². The minimum Gasteiger partial charge on any atom is -0.495 e. The first-order valence-electron chi connectivity index (χ1n) is 15.8. The third-order valence-corrected chi connectivity index (χ3v) is 9.51. The van der Waals surface area contributed by atoms with Gasteiger partial charge in [-0.25, -0.2) is 9.99 Å². The molecule has 3 fully saturated rings. The number of hydrogen-bond acceptors (Lipinski definition) is 9. The molecular weight excluding hydrogens is 570 g/mol. The van der Waals surface area contributed by atoms with Gasteiger partial charge in [-0.05, 0) is 43.9 Å². The third kappa shape index (κ3) is 6.30. The second kappa shape index (κ2) is 12.8. The van der Waals surface area contributed by atoms with Crippen LogP contribution in [0.15, 0.2) is 24.4 Å². The van der Waals surface area contributed by atoms with E-state index in [1.807, 2.05) is 5.01 Å². The number of piperazine rings is 1. The Hall–Kier alpha value is -3.58. The van der Waals surface area contributed by atoms with Crippen molar-refractivity contribution in [3.05, 3.63) is 30.0 Å². The summed E-state index contributed by atoms with van der Waals surface area (Å²) in [5, 5.41) is 5.10. The van der Waals surface area contributed by atoms with Crippen LogP contribution in [-0.2, 0) is 4.79 Å². The van der Waals surface area contributed by atoms with Crippen molar-refractivity contribution in [1.29, 1.82) is 0 Å². The molecule has 4 aliphatic rings. The Morgan fingerprint density at radius 1 is 1.00 bits per heavy atom. The summed E-state index contributed by atoms with van der Waals surface area (Å²) in [5.41, 5.74) is 4.23. The molecule has 44 heavy (non-hydrogen) atoms. The van der Waals surface area contributed by atoms with Gasteiger partial charge in [-0.2, -0.15) is 13.8 Å². The van der Waals surface area contributed by atoms with Crippen molar-refractivity contribution in [2.24, 2.45) is 0 Å². The van der Waals surface area contributed by atoms with E-state index in [1.165, 1.54) is 46.0 Å². The Morgan fingerprint density at radius 3 is 2.39 bits per heavy atom. The van der Waals surface area contributed by atoms with Crippen LogP contribution >= 0.6 is 0 Å². The van der Waals surface area contributed by atoms with Crippen molar-refractivity contribution in [3.8, 4) is 5.75 Å². The van der Waals surface area contributed by atoms with E-state index in [4.69, 9.17) is 4.74 Å². The van der Waals surface area contributed by atoms with E-state index in [9.17, 15) is 9.59 Å². The average molecular weight is 613 g/mol. The van der Waals surface area contributed by atoms with Crippen LogP contribution in [0.1, 0.15) is 68.1 Å². The Bertz CT molecular complexity index is 1360. The van der Waals surface area contributed by atoms with Crippen LogP contribution in [0.5, 0.6) is 5.75 Å². The van der Waals surface area contributed by atoms with Gasteiger partial charge >= 0.3 is 5.92 Å². The van der Waals surface area contributed by atoms with Crippen molar-refractivity contribution in [2.45, 2.75) is 75.8 Å². The molecule has 2 amide bonds. The highest BCUT2D eigenvalue weighted by Crippen LogP contribution is 2.39. The summed E-state index contributed by atoms with van der Waals surface area (Å²) in [6, 6.07) is 5.59. The minimum atomic E-state index is -3.55. The summed E-state index contributed by atoms with van der Waals surface area (Å²) in [7, 11) is 2.84. The van der Waals surface area contributed by atoms with E-state index < -0.39 is 18.4 Å². The molecule has 0 bridgehead atoms. The lowest BCUT2D eigenvalue weighted by Crippen LogP contribution is -2.55. The van der Waals surface area contributed by atoms with Gasteiger partial charge in [-0.15, -0.1) is 0 Å². The molecule has 3 heterocycles. The zero-order chi connectivity index (χ0) is 30.8. The van der Waals surface area contributed by atoms with Gasteiger partial charge in [-0.3, -0.25) is 19.9 Å². The maximum absolute atomic E-state index is 15.0. The van der Waals surface area contributed by atoms with Crippen molar-refractivity contribution < 1.29 is 23.1 Å². The van der Waals surface area contributed by atoms with Gasteiger partial charge in [0.1, 0.15) is 11.4 Å². The summed E-state index contributed by atoms with van der Waals surface area (Å²) in [6.07, 6.45) is 11.0. The standard InChI is InChI=1S/C31H42F2N8O3/c1-38-25-19-34-30(36-27(25)41(20-31(32,33)29(38)43)23-10-4-3-5-11-23)35-24-13-12-21(18-26(24)44-2)28(42)37-40-16-14-39(15-17-40)22-8-6-7-9-22/h12-13,18-19,22-23H,3-11,14-17,20H2,1-2H3,(H,37,42)(H,34,35,36). The van der Waals surface area contributed by atoms with Crippen LogP contribution in [-0.4, -0.2) is 96.6 Å². The van der Waals surface area contributed by atoms with Gasteiger partial charge in [0.25, 0.3) is 11.8 Å². The predicted molar refractivity (Wildman–Crippen MR) is 164 cm³/mol. The quantitative estimate of drug-likeness (QED) is 0.476. The number of nitrogens with zero attached hydrogens (tertiary/aromatic N) is 6. The normalized spacial score (nSPS) is 22.0. The largest absolute Gasteiger partial charge is 0.495 e. The van der Waals surface area contributed by atoms with E-state index in [2.05, 4.69) is 25.6 Å². The molecule has 0 unspecified atom stereocenters. The summed E-state index contributed by atoms with van der Waals surface area (Å²) in [4.78, 5) is 39.8. The maximum atomic E-state index is 15.0. The Morgan fingerprint density at radius 2 is 1.68 bits per heavy atom. The fourth-order valence-electron chi connectivity index (χ4n) is 7.01. The van der Waals surface area contributed by atoms with Gasteiger partial charge in [0, 0.05) is 50.9 Å². The number of anilines is 4. The molecule has 2 aromatic rings. The number of hydrogen-bond donors (Lipinski definition) is 2. The van der Waals surface area contributed by atoms with E-state index in [-0.39, 0.29) is 23.6 Å². The number of nitrogens with one attached hydrogen (secondary N) is 2. The second-order valence-corrected chi connectivity index (χ2v) is 12.3. The van der Waals surface area contributed by atoms with Crippen molar-refractivity contribution in [1.82, 2.24) is 25.3 Å². The molecule has 11 nitrogen and oxygen atoms in total. The summed E-state index contributed by atoms with van der Waals surface area (Å²) in [6.45, 7) is 2.71. The summed E-state index contributed by atoms with van der Waals surface area (Å²) < 4.78 is 35.6. The smallest absolute Gasteiger partial charge is 0.342 e. The highest BCUT2D eigenvalue weighted by atomic mass is 19.3. The zero-order valence-electron chi connectivity index (χ0n) is 25.5. The Labute approximate surface area is 256 Å². The molecule has 2 aliphatic heterocycles. The topological polar surface area (TPSA) is 106 Å². The lowest BCUT2D eigenvalue weighted by molar-refractivity contribution is -0.140. The first-order chi connectivity index (χ1) is 21.2. The number of halogens is 2. The molecule has 0 spiro atoms. The van der Waals surface area contributed by atoms with Crippen molar-refractivity contribution >= 4 is 35.0 Å². The van der Waals surface area contributed by atoms with Crippen LogP contribution in [0.4, 0.5) is 31.9 Å². The average Bonchev–Trinajstić information content (AvgIpc) is 3.57. The number of alkyl halides is 2. The molecule has 1 saturated heterocycles. The molecule has 2 N–H and O–H groups in total. The zero-order valence-corrected chi connectivity index (χ0v) is 25.5. The minimum absolute atomic E-state index is 0.145. The Balaban J connectivity index is 1.17. The van der Waals surface area contributed by atoms with Gasteiger partial charge in [0.15, 0.2) is 5.82 Å². The number of methoxy groups -OCH3 is 1. The van der Waals surface area contributed by atoms with E-state index >= 15 is 8.78 Å². The van der Waals surface area contributed by atoms with Crippen LogP contribution in [0.25, 0.3) is 0 Å². The maximum Gasteiger partial charge on any atom is 0.342 e. The molecule has 13 heteroatoms. The van der Waals surface area contributed by atoms with Gasteiger partial charge in [-0.1, -0.05) is 32.1 Å². The monoisotopic (exact) mass is 612 g/mol. The predicted octanol–water partition coefficient (Wildman–Crippen LogP) is 4.18. The molecular formula is C31H42F2N8O3. The first-order valence-corrected chi connectivity index (χ1v) is 15.8. The number of aromatic nitrogens is 2. The van der Waals surface area contributed by atoms with Crippen molar-refractivity contribution in [2.75, 3.05) is 62.0 Å². The number of fused-ring (bicyclic) bond motifs is 1.